The summed E-state index contributed by atoms with van der Waals surface area (Å²) in [7, 11) is 1.47. The van der Waals surface area contributed by atoms with Crippen LogP contribution in [-0.2, 0) is 19.1 Å². The van der Waals surface area contributed by atoms with Crippen LogP contribution >= 0.6 is 11.6 Å². The zero-order valence-electron chi connectivity index (χ0n) is 15.9. The number of likely N-dealkylation sites (N-methyl/N-ethyl adjacent to an activating group) is 1. The number of rotatable bonds is 8. The Hall–Kier alpha value is -2.86. The summed E-state index contributed by atoms with van der Waals surface area (Å²) < 4.78 is 5.05. The van der Waals surface area contributed by atoms with E-state index < -0.39 is 24.4 Å². The van der Waals surface area contributed by atoms with E-state index in [-0.39, 0.29) is 18.9 Å². The van der Waals surface area contributed by atoms with Crippen LogP contribution in [-0.4, -0.2) is 42.9 Å². The molecule has 0 radical (unpaired) electrons. The van der Waals surface area contributed by atoms with Crippen molar-refractivity contribution in [1.29, 1.82) is 0 Å². The minimum absolute atomic E-state index is 0.0112. The van der Waals surface area contributed by atoms with Gasteiger partial charge in [-0.3, -0.25) is 14.4 Å². The van der Waals surface area contributed by atoms with Gasteiger partial charge in [0.2, 0.25) is 5.91 Å². The van der Waals surface area contributed by atoms with Gasteiger partial charge >= 0.3 is 5.97 Å². The van der Waals surface area contributed by atoms with E-state index in [0.717, 1.165) is 5.56 Å². The molecular formula is C21H23ClN2O4. The smallest absolute Gasteiger partial charge is 0.306 e. The molecule has 0 aliphatic heterocycles. The predicted octanol–water partition coefficient (Wildman–Crippen LogP) is 3.47. The lowest BCUT2D eigenvalue weighted by atomic mass is 9.98. The molecule has 7 heteroatoms. The van der Waals surface area contributed by atoms with Gasteiger partial charge < -0.3 is 15.0 Å². The maximum absolute atomic E-state index is 12.1. The molecule has 2 aromatic carbocycles. The predicted molar refractivity (Wildman–Crippen MR) is 108 cm³/mol. The average Bonchev–Trinajstić information content (AvgIpc) is 2.68. The molecule has 148 valence electrons. The van der Waals surface area contributed by atoms with Crippen LogP contribution in [0.5, 0.6) is 0 Å². The number of nitrogens with one attached hydrogen (secondary N) is 1. The standard InChI is InChI=1S/C21H23ClN2O4/c1-15(16-8-4-3-5-9-16)12-21(27)28-14-20(26)24(2)13-19(25)23-18-11-7-6-10-17(18)22/h3-11,15H,12-14H2,1-2H3,(H,23,25)/t15-/m1/s1. The number of anilines is 1. The normalized spacial score (nSPS) is 11.4. The first kappa shape index (κ1) is 21.4. The molecule has 0 bridgehead atoms. The Bertz CT molecular complexity index is 826. The monoisotopic (exact) mass is 402 g/mol. The maximum atomic E-state index is 12.1. The molecule has 1 N–H and O–H groups in total. The summed E-state index contributed by atoms with van der Waals surface area (Å²) in [6, 6.07) is 16.4. The van der Waals surface area contributed by atoms with Crippen molar-refractivity contribution in [2.75, 3.05) is 25.5 Å². The van der Waals surface area contributed by atoms with Crippen LogP contribution in [0.3, 0.4) is 0 Å². The van der Waals surface area contributed by atoms with E-state index in [0.29, 0.717) is 10.7 Å². The van der Waals surface area contributed by atoms with Gasteiger partial charge in [-0.1, -0.05) is 61.0 Å². The SMILES string of the molecule is C[C@H](CC(=O)OCC(=O)N(C)CC(=O)Nc1ccccc1Cl)c1ccccc1. The van der Waals surface area contributed by atoms with Crippen molar-refractivity contribution in [3.05, 3.63) is 65.2 Å². The van der Waals surface area contributed by atoms with Crippen LogP contribution in [0.1, 0.15) is 24.8 Å². The molecule has 6 nitrogen and oxygen atoms in total. The zero-order valence-corrected chi connectivity index (χ0v) is 16.6. The number of hydrogen-bond donors (Lipinski definition) is 1. The minimum atomic E-state index is -0.463. The number of halogens is 1. The summed E-state index contributed by atoms with van der Waals surface area (Å²) in [5.74, 6) is -1.33. The van der Waals surface area contributed by atoms with Crippen molar-refractivity contribution in [1.82, 2.24) is 4.90 Å². The van der Waals surface area contributed by atoms with Crippen LogP contribution in [0.25, 0.3) is 0 Å². The second kappa shape index (κ2) is 10.5. The molecule has 0 spiro atoms. The molecule has 0 aromatic heterocycles. The summed E-state index contributed by atoms with van der Waals surface area (Å²) in [5.41, 5.74) is 1.50. The van der Waals surface area contributed by atoms with Crippen molar-refractivity contribution in [2.45, 2.75) is 19.3 Å². The summed E-state index contributed by atoms with van der Waals surface area (Å²) in [5, 5.41) is 3.04. The number of hydrogen-bond acceptors (Lipinski definition) is 4. The second-order valence-corrected chi connectivity index (χ2v) is 6.86. The van der Waals surface area contributed by atoms with E-state index in [1.54, 1.807) is 24.3 Å². The largest absolute Gasteiger partial charge is 0.456 e. The summed E-state index contributed by atoms with van der Waals surface area (Å²) in [4.78, 5) is 37.3. The number of esters is 1. The van der Waals surface area contributed by atoms with E-state index in [1.165, 1.54) is 11.9 Å². The molecule has 0 fully saturated rings. The van der Waals surface area contributed by atoms with Crippen LogP contribution in [0.2, 0.25) is 5.02 Å². The van der Waals surface area contributed by atoms with Gasteiger partial charge in [0.25, 0.3) is 5.91 Å². The van der Waals surface area contributed by atoms with Crippen LogP contribution in [0, 0.1) is 0 Å². The average molecular weight is 403 g/mol. The Morgan fingerprint density at radius 1 is 1.07 bits per heavy atom. The third kappa shape index (κ3) is 6.70. The Morgan fingerprint density at radius 2 is 1.71 bits per heavy atom. The van der Waals surface area contributed by atoms with Gasteiger partial charge in [-0.2, -0.15) is 0 Å². The number of nitrogens with zero attached hydrogens (tertiary/aromatic N) is 1. The highest BCUT2D eigenvalue weighted by Crippen LogP contribution is 2.20. The lowest BCUT2D eigenvalue weighted by Crippen LogP contribution is -2.37. The fraction of sp³-hybridized carbons (Fsp3) is 0.286. The third-order valence-corrected chi connectivity index (χ3v) is 4.48. The third-order valence-electron chi connectivity index (χ3n) is 4.15. The first-order valence-corrected chi connectivity index (χ1v) is 9.23. The molecule has 28 heavy (non-hydrogen) atoms. The zero-order chi connectivity index (χ0) is 20.5. The van der Waals surface area contributed by atoms with E-state index in [2.05, 4.69) is 5.32 Å². The lowest BCUT2D eigenvalue weighted by Gasteiger charge is -2.17. The van der Waals surface area contributed by atoms with Gasteiger partial charge in [0.05, 0.1) is 23.7 Å². The summed E-state index contributed by atoms with van der Waals surface area (Å²) >= 11 is 5.98. The molecule has 0 saturated carbocycles. The molecule has 1 atom stereocenters. The maximum Gasteiger partial charge on any atom is 0.306 e. The minimum Gasteiger partial charge on any atom is -0.456 e. The second-order valence-electron chi connectivity index (χ2n) is 6.45. The molecule has 2 amide bonds. The van der Waals surface area contributed by atoms with E-state index in [1.807, 2.05) is 37.3 Å². The molecule has 2 rings (SSSR count). The molecule has 0 saturated heterocycles. The molecule has 0 unspecified atom stereocenters. The molecule has 0 aliphatic rings. The molecule has 0 aliphatic carbocycles. The van der Waals surface area contributed by atoms with Crippen molar-refractivity contribution in [3.8, 4) is 0 Å². The quantitative estimate of drug-likeness (QED) is 0.686. The Morgan fingerprint density at radius 3 is 2.39 bits per heavy atom. The summed E-state index contributed by atoms with van der Waals surface area (Å²) in [6.45, 7) is 1.34. The van der Waals surface area contributed by atoms with E-state index in [4.69, 9.17) is 16.3 Å². The Kier molecular flexibility index (Phi) is 8.02. The van der Waals surface area contributed by atoms with Gasteiger partial charge in [-0.15, -0.1) is 0 Å². The lowest BCUT2D eigenvalue weighted by molar-refractivity contribution is -0.152. The van der Waals surface area contributed by atoms with Crippen LogP contribution in [0.4, 0.5) is 5.69 Å². The highest BCUT2D eigenvalue weighted by Gasteiger charge is 2.17. The first-order chi connectivity index (χ1) is 13.4. The fourth-order valence-electron chi connectivity index (χ4n) is 2.52. The van der Waals surface area contributed by atoms with E-state index >= 15 is 0 Å². The first-order valence-electron chi connectivity index (χ1n) is 8.85. The number of carbonyl (C=O) groups excluding carboxylic acids is 3. The van der Waals surface area contributed by atoms with Crippen molar-refractivity contribution < 1.29 is 19.1 Å². The van der Waals surface area contributed by atoms with Crippen molar-refractivity contribution >= 4 is 35.1 Å². The number of para-hydroxylation sites is 1. The number of ether oxygens (including phenoxy) is 1. The molecule has 0 heterocycles. The van der Waals surface area contributed by atoms with Gasteiger partial charge in [0.1, 0.15) is 0 Å². The van der Waals surface area contributed by atoms with Crippen LogP contribution < -0.4 is 5.32 Å². The van der Waals surface area contributed by atoms with Crippen molar-refractivity contribution in [3.63, 3.8) is 0 Å². The van der Waals surface area contributed by atoms with E-state index in [9.17, 15) is 14.4 Å². The van der Waals surface area contributed by atoms with Gasteiger partial charge in [0, 0.05) is 7.05 Å². The van der Waals surface area contributed by atoms with Gasteiger partial charge in [0.15, 0.2) is 6.61 Å². The molecule has 2 aromatic rings. The van der Waals surface area contributed by atoms with Gasteiger partial charge in [-0.25, -0.2) is 0 Å². The number of carbonyl (C=O) groups is 3. The number of amides is 2. The van der Waals surface area contributed by atoms with Gasteiger partial charge in [-0.05, 0) is 23.6 Å². The molecular weight excluding hydrogens is 380 g/mol. The fourth-order valence-corrected chi connectivity index (χ4v) is 2.70. The Balaban J connectivity index is 1.75. The number of benzene rings is 2. The highest BCUT2D eigenvalue weighted by atomic mass is 35.5. The summed E-state index contributed by atoms with van der Waals surface area (Å²) in [6.07, 6.45) is 0.175. The van der Waals surface area contributed by atoms with Crippen LogP contribution in [0.15, 0.2) is 54.6 Å². The Labute approximate surface area is 169 Å². The highest BCUT2D eigenvalue weighted by molar-refractivity contribution is 6.33. The topological polar surface area (TPSA) is 75.7 Å². The van der Waals surface area contributed by atoms with Crippen molar-refractivity contribution in [2.24, 2.45) is 0 Å².